The number of benzene rings is 1. The second-order valence-electron chi connectivity index (χ2n) is 7.19. The van der Waals surface area contributed by atoms with Crippen molar-refractivity contribution in [2.45, 2.75) is 59.3 Å². The van der Waals surface area contributed by atoms with Crippen molar-refractivity contribution in [3.05, 3.63) is 34.9 Å². The first-order valence-corrected chi connectivity index (χ1v) is 9.67. The van der Waals surface area contributed by atoms with Gasteiger partial charge in [0.25, 0.3) is 5.91 Å². The van der Waals surface area contributed by atoms with E-state index < -0.39 is 0 Å². The van der Waals surface area contributed by atoms with Gasteiger partial charge in [0.1, 0.15) is 0 Å². The predicted octanol–water partition coefficient (Wildman–Crippen LogP) is 3.85. The van der Waals surface area contributed by atoms with Gasteiger partial charge in [0.05, 0.1) is 5.92 Å². The lowest BCUT2D eigenvalue weighted by atomic mass is 9.95. The summed E-state index contributed by atoms with van der Waals surface area (Å²) in [5.74, 6) is 0.0885. The van der Waals surface area contributed by atoms with Crippen molar-refractivity contribution in [2.24, 2.45) is 5.92 Å². The molecule has 1 aliphatic rings. The molecule has 1 saturated heterocycles. The smallest absolute Gasteiger partial charge is 0.254 e. The van der Waals surface area contributed by atoms with Crippen molar-refractivity contribution < 1.29 is 9.59 Å². The molecule has 1 atom stereocenters. The normalized spacial score (nSPS) is 17.4. The van der Waals surface area contributed by atoms with Gasteiger partial charge in [-0.05, 0) is 50.3 Å². The number of amides is 2. The highest BCUT2D eigenvalue weighted by atomic mass is 16.2. The number of carbonyl (C=O) groups is 2. The lowest BCUT2D eigenvalue weighted by molar-refractivity contribution is -0.126. The fourth-order valence-corrected chi connectivity index (χ4v) is 3.44. The van der Waals surface area contributed by atoms with Gasteiger partial charge in [-0.1, -0.05) is 38.3 Å². The minimum atomic E-state index is -0.0750. The molecular formula is C21H32N2O2. The highest BCUT2D eigenvalue weighted by Gasteiger charge is 2.29. The zero-order chi connectivity index (χ0) is 18.2. The summed E-state index contributed by atoms with van der Waals surface area (Å²) >= 11 is 0. The van der Waals surface area contributed by atoms with E-state index in [1.54, 1.807) is 0 Å². The minimum Gasteiger partial charge on any atom is -0.356 e. The van der Waals surface area contributed by atoms with Gasteiger partial charge < -0.3 is 10.2 Å². The second kappa shape index (κ2) is 9.59. The topological polar surface area (TPSA) is 49.4 Å². The average Bonchev–Trinajstić information content (AvgIpc) is 2.63. The number of nitrogens with one attached hydrogen (secondary N) is 1. The molecule has 1 N–H and O–H groups in total. The first kappa shape index (κ1) is 19.5. The molecule has 0 saturated carbocycles. The number of hydrogen-bond donors (Lipinski definition) is 1. The largest absolute Gasteiger partial charge is 0.356 e. The fraction of sp³-hybridized carbons (Fsp3) is 0.619. The zero-order valence-corrected chi connectivity index (χ0v) is 15.9. The molecular weight excluding hydrogens is 312 g/mol. The summed E-state index contributed by atoms with van der Waals surface area (Å²) in [7, 11) is 0. The lowest BCUT2D eigenvalue weighted by Crippen LogP contribution is -2.45. The van der Waals surface area contributed by atoms with E-state index in [4.69, 9.17) is 0 Å². The summed E-state index contributed by atoms with van der Waals surface area (Å²) < 4.78 is 0. The highest BCUT2D eigenvalue weighted by Crippen LogP contribution is 2.21. The molecule has 4 nitrogen and oxygen atoms in total. The van der Waals surface area contributed by atoms with Gasteiger partial charge in [-0.15, -0.1) is 0 Å². The summed E-state index contributed by atoms with van der Waals surface area (Å²) in [6.07, 6.45) is 6.39. The van der Waals surface area contributed by atoms with Gasteiger partial charge in [-0.3, -0.25) is 9.59 Å². The Morgan fingerprint density at radius 3 is 2.76 bits per heavy atom. The van der Waals surface area contributed by atoms with E-state index in [0.29, 0.717) is 6.54 Å². The van der Waals surface area contributed by atoms with Crippen LogP contribution in [0.15, 0.2) is 18.2 Å². The number of unbranched alkanes of at least 4 members (excludes halogenated alkanes) is 3. The van der Waals surface area contributed by atoms with E-state index >= 15 is 0 Å². The van der Waals surface area contributed by atoms with Gasteiger partial charge >= 0.3 is 0 Å². The van der Waals surface area contributed by atoms with E-state index in [2.05, 4.69) is 12.2 Å². The minimum absolute atomic E-state index is 0.0571. The number of aryl methyl sites for hydroxylation is 1. The Labute approximate surface area is 152 Å². The van der Waals surface area contributed by atoms with Crippen molar-refractivity contribution in [3.8, 4) is 0 Å². The Balaban J connectivity index is 1.90. The van der Waals surface area contributed by atoms with E-state index in [-0.39, 0.29) is 17.7 Å². The van der Waals surface area contributed by atoms with Crippen LogP contribution in [0.5, 0.6) is 0 Å². The van der Waals surface area contributed by atoms with Crippen LogP contribution in [0.25, 0.3) is 0 Å². The molecule has 1 fully saturated rings. The molecule has 138 valence electrons. The number of piperidine rings is 1. The molecule has 2 rings (SSSR count). The molecule has 0 aliphatic carbocycles. The highest BCUT2D eigenvalue weighted by molar-refractivity contribution is 5.96. The Kier molecular flexibility index (Phi) is 7.48. The van der Waals surface area contributed by atoms with Crippen LogP contribution in [0.4, 0.5) is 0 Å². The first-order valence-electron chi connectivity index (χ1n) is 9.67. The third-order valence-electron chi connectivity index (χ3n) is 5.24. The second-order valence-corrected chi connectivity index (χ2v) is 7.19. The molecule has 2 amide bonds. The molecule has 0 unspecified atom stereocenters. The summed E-state index contributed by atoms with van der Waals surface area (Å²) in [6.45, 7) is 8.23. The maximum Gasteiger partial charge on any atom is 0.254 e. The van der Waals surface area contributed by atoms with Crippen molar-refractivity contribution in [1.82, 2.24) is 10.2 Å². The van der Waals surface area contributed by atoms with Crippen LogP contribution in [-0.2, 0) is 4.79 Å². The maximum absolute atomic E-state index is 12.9. The van der Waals surface area contributed by atoms with Gasteiger partial charge in [-0.2, -0.15) is 0 Å². The summed E-state index contributed by atoms with van der Waals surface area (Å²) in [4.78, 5) is 27.1. The molecule has 0 bridgehead atoms. The number of hydrogen-bond acceptors (Lipinski definition) is 2. The van der Waals surface area contributed by atoms with Crippen molar-refractivity contribution in [1.29, 1.82) is 0 Å². The van der Waals surface area contributed by atoms with Gasteiger partial charge in [0.15, 0.2) is 0 Å². The van der Waals surface area contributed by atoms with Gasteiger partial charge in [0.2, 0.25) is 5.91 Å². The molecule has 1 aromatic carbocycles. The first-order chi connectivity index (χ1) is 12.0. The van der Waals surface area contributed by atoms with Crippen LogP contribution >= 0.6 is 0 Å². The van der Waals surface area contributed by atoms with Crippen LogP contribution in [0.1, 0.15) is 66.9 Å². The van der Waals surface area contributed by atoms with E-state index in [1.807, 2.05) is 36.9 Å². The standard InChI is InChI=1S/C21H32N2O2/c1-4-5-6-7-13-22-20(24)18-11-9-14-23(15-18)21(25)19-12-8-10-16(2)17(19)3/h8,10,12,18H,4-7,9,11,13-15H2,1-3H3,(H,22,24)/t18-/m0/s1. The number of carbonyl (C=O) groups excluding carboxylic acids is 2. The Morgan fingerprint density at radius 1 is 1.20 bits per heavy atom. The number of nitrogens with zero attached hydrogens (tertiary/aromatic N) is 1. The predicted molar refractivity (Wildman–Crippen MR) is 102 cm³/mol. The molecule has 25 heavy (non-hydrogen) atoms. The lowest BCUT2D eigenvalue weighted by Gasteiger charge is -2.32. The molecule has 0 radical (unpaired) electrons. The van der Waals surface area contributed by atoms with Crippen molar-refractivity contribution in [3.63, 3.8) is 0 Å². The molecule has 1 aromatic rings. The van der Waals surface area contributed by atoms with Crippen LogP contribution in [0.2, 0.25) is 0 Å². The Hall–Kier alpha value is -1.84. The monoisotopic (exact) mass is 344 g/mol. The van der Waals surface area contributed by atoms with E-state index in [1.165, 1.54) is 19.3 Å². The Bertz CT molecular complexity index is 598. The maximum atomic E-state index is 12.9. The summed E-state index contributed by atoms with van der Waals surface area (Å²) in [5, 5.41) is 3.05. The number of rotatable bonds is 7. The summed E-state index contributed by atoms with van der Waals surface area (Å²) in [6, 6.07) is 5.85. The van der Waals surface area contributed by atoms with Crippen LogP contribution in [0, 0.1) is 19.8 Å². The molecule has 4 heteroatoms. The molecule has 0 spiro atoms. The van der Waals surface area contributed by atoms with E-state index in [0.717, 1.165) is 49.0 Å². The van der Waals surface area contributed by atoms with Crippen molar-refractivity contribution >= 4 is 11.8 Å². The van der Waals surface area contributed by atoms with Crippen LogP contribution < -0.4 is 5.32 Å². The molecule has 0 aromatic heterocycles. The fourth-order valence-electron chi connectivity index (χ4n) is 3.44. The third-order valence-corrected chi connectivity index (χ3v) is 5.24. The quantitative estimate of drug-likeness (QED) is 0.764. The van der Waals surface area contributed by atoms with E-state index in [9.17, 15) is 9.59 Å². The summed E-state index contributed by atoms with van der Waals surface area (Å²) in [5.41, 5.74) is 2.93. The van der Waals surface area contributed by atoms with Gasteiger partial charge in [-0.25, -0.2) is 0 Å². The number of likely N-dealkylation sites (tertiary alicyclic amines) is 1. The van der Waals surface area contributed by atoms with Crippen LogP contribution in [0.3, 0.4) is 0 Å². The third kappa shape index (κ3) is 5.32. The van der Waals surface area contributed by atoms with Gasteiger partial charge in [0, 0.05) is 25.2 Å². The van der Waals surface area contributed by atoms with Crippen LogP contribution in [-0.4, -0.2) is 36.3 Å². The van der Waals surface area contributed by atoms with Crippen molar-refractivity contribution in [2.75, 3.05) is 19.6 Å². The Morgan fingerprint density at radius 2 is 2.00 bits per heavy atom. The molecule has 1 heterocycles. The average molecular weight is 344 g/mol. The SMILES string of the molecule is CCCCCCNC(=O)[C@H]1CCCN(C(=O)c2cccc(C)c2C)C1. The molecule has 1 aliphatic heterocycles. The zero-order valence-electron chi connectivity index (χ0n) is 15.9.